The zero-order valence-electron chi connectivity index (χ0n) is 19.2. The van der Waals surface area contributed by atoms with Gasteiger partial charge in [0.2, 0.25) is 17.3 Å². The van der Waals surface area contributed by atoms with Gasteiger partial charge < -0.3 is 14.5 Å². The number of unbranched alkanes of at least 4 members (excludes halogenated alkanes) is 1. The predicted molar refractivity (Wildman–Crippen MR) is 133 cm³/mol. The minimum absolute atomic E-state index is 0.0415. The van der Waals surface area contributed by atoms with Crippen LogP contribution in [0.25, 0.3) is 22.6 Å². The maximum Gasteiger partial charge on any atom is 0.269 e. The number of ether oxygens (including phenoxy) is 1. The fraction of sp³-hybridized carbons (Fsp3) is 0.240. The normalized spacial score (nSPS) is 14.3. The molecule has 0 unspecified atom stereocenters. The number of non-ortho nitro benzene ring substituents is 1. The van der Waals surface area contributed by atoms with Gasteiger partial charge in [0.15, 0.2) is 11.5 Å². The molecular formula is C25H23N5O4S. The molecule has 0 radical (unpaired) electrons. The van der Waals surface area contributed by atoms with E-state index in [2.05, 4.69) is 27.4 Å². The van der Waals surface area contributed by atoms with Crippen molar-refractivity contribution in [3.05, 3.63) is 76.0 Å². The van der Waals surface area contributed by atoms with Gasteiger partial charge >= 0.3 is 0 Å². The van der Waals surface area contributed by atoms with Gasteiger partial charge in [-0.25, -0.2) is 0 Å². The highest BCUT2D eigenvalue weighted by Crippen LogP contribution is 2.40. The number of nitrogens with zero attached hydrogens (tertiary/aromatic N) is 4. The Morgan fingerprint density at radius 2 is 1.97 bits per heavy atom. The lowest BCUT2D eigenvalue weighted by atomic mass is 10.1. The summed E-state index contributed by atoms with van der Waals surface area (Å²) in [7, 11) is 0. The Balaban J connectivity index is 1.49. The van der Waals surface area contributed by atoms with Gasteiger partial charge in [-0.3, -0.25) is 10.1 Å². The molecule has 10 heteroatoms. The molecule has 0 amide bonds. The summed E-state index contributed by atoms with van der Waals surface area (Å²) in [5, 5.41) is 23.8. The lowest BCUT2D eigenvalue weighted by Crippen LogP contribution is -2.16. The number of para-hydroxylation sites is 1. The molecule has 2 aromatic carbocycles. The van der Waals surface area contributed by atoms with Crippen LogP contribution in [0.2, 0.25) is 0 Å². The maximum atomic E-state index is 11.1. The molecule has 1 atom stereocenters. The van der Waals surface area contributed by atoms with Crippen molar-refractivity contribution in [1.29, 1.82) is 0 Å². The largest absolute Gasteiger partial charge is 0.455 e. The second-order valence-electron chi connectivity index (χ2n) is 8.10. The van der Waals surface area contributed by atoms with Crippen LogP contribution < -0.4 is 10.1 Å². The Hall–Kier alpha value is -3.92. The number of aromatic nitrogens is 3. The van der Waals surface area contributed by atoms with Crippen molar-refractivity contribution in [1.82, 2.24) is 15.2 Å². The molecule has 1 aliphatic rings. The van der Waals surface area contributed by atoms with Crippen LogP contribution in [-0.2, 0) is 0 Å². The van der Waals surface area contributed by atoms with E-state index in [0.717, 1.165) is 41.0 Å². The predicted octanol–water partition coefficient (Wildman–Crippen LogP) is 6.41. The molecule has 3 heterocycles. The number of nitro groups is 1. The Bertz CT molecular complexity index is 1390. The van der Waals surface area contributed by atoms with E-state index in [-0.39, 0.29) is 5.69 Å². The number of hydrogen-bond donors (Lipinski definition) is 1. The van der Waals surface area contributed by atoms with Crippen molar-refractivity contribution >= 4 is 23.1 Å². The van der Waals surface area contributed by atoms with E-state index in [0.29, 0.717) is 28.3 Å². The molecule has 0 saturated carbocycles. The Morgan fingerprint density at radius 1 is 1.11 bits per heavy atom. The fourth-order valence-electron chi connectivity index (χ4n) is 3.82. The summed E-state index contributed by atoms with van der Waals surface area (Å²) in [4.78, 5) is 15.3. The standard InChI is InChI=1S/C25H23N5O4S/c1-3-4-13-35-25-27-24-22(28-29-25)18-7-5-6-8-19(18)26-23(34-24)21-12-11-20(33-21)17-10-9-16(30(31)32)14-15(17)2/h5-12,14,23,26H,3-4,13H2,1-2H3/t23-/m1/s1. The van der Waals surface area contributed by atoms with Crippen LogP contribution in [0.4, 0.5) is 11.4 Å². The summed E-state index contributed by atoms with van der Waals surface area (Å²) in [5.41, 5.74) is 3.79. The first-order valence-electron chi connectivity index (χ1n) is 11.3. The Kier molecular flexibility index (Phi) is 6.37. The van der Waals surface area contributed by atoms with Crippen molar-refractivity contribution in [2.45, 2.75) is 38.1 Å². The van der Waals surface area contributed by atoms with Gasteiger partial charge in [-0.15, -0.1) is 10.2 Å². The molecule has 1 aliphatic heterocycles. The smallest absolute Gasteiger partial charge is 0.269 e. The van der Waals surface area contributed by atoms with Gasteiger partial charge in [0.05, 0.1) is 4.92 Å². The van der Waals surface area contributed by atoms with Crippen molar-refractivity contribution in [3.63, 3.8) is 0 Å². The van der Waals surface area contributed by atoms with E-state index in [1.807, 2.05) is 43.3 Å². The summed E-state index contributed by atoms with van der Waals surface area (Å²) >= 11 is 1.55. The first kappa shape index (κ1) is 22.9. The molecule has 9 nitrogen and oxygen atoms in total. The molecule has 0 aliphatic carbocycles. The molecule has 4 aromatic rings. The number of furan rings is 1. The second kappa shape index (κ2) is 9.75. The molecular weight excluding hydrogens is 466 g/mol. The van der Waals surface area contributed by atoms with Crippen LogP contribution in [-0.4, -0.2) is 25.9 Å². The number of nitrogens with one attached hydrogen (secondary N) is 1. The highest BCUT2D eigenvalue weighted by atomic mass is 32.2. The van der Waals surface area contributed by atoms with Crippen LogP contribution in [0.15, 0.2) is 64.2 Å². The quantitative estimate of drug-likeness (QED) is 0.136. The van der Waals surface area contributed by atoms with Crippen molar-refractivity contribution in [2.24, 2.45) is 0 Å². The molecule has 0 bridgehead atoms. The number of nitro benzene ring substituents is 1. The van der Waals surface area contributed by atoms with E-state index in [1.165, 1.54) is 12.1 Å². The van der Waals surface area contributed by atoms with E-state index >= 15 is 0 Å². The average molecular weight is 490 g/mol. The van der Waals surface area contributed by atoms with E-state index in [4.69, 9.17) is 9.15 Å². The number of benzene rings is 2. The number of fused-ring (bicyclic) bond motifs is 3. The van der Waals surface area contributed by atoms with Crippen molar-refractivity contribution in [3.8, 4) is 28.5 Å². The first-order valence-corrected chi connectivity index (χ1v) is 12.3. The third kappa shape index (κ3) is 4.69. The van der Waals surface area contributed by atoms with E-state index in [9.17, 15) is 10.1 Å². The molecule has 0 spiro atoms. The Morgan fingerprint density at radius 3 is 2.77 bits per heavy atom. The van der Waals surface area contributed by atoms with E-state index < -0.39 is 11.2 Å². The molecule has 0 saturated heterocycles. The Labute approximate surface area is 206 Å². The summed E-state index contributed by atoms with van der Waals surface area (Å²) < 4.78 is 12.4. The molecule has 35 heavy (non-hydrogen) atoms. The third-order valence-electron chi connectivity index (χ3n) is 5.63. The number of aryl methyl sites for hydroxylation is 1. The van der Waals surface area contributed by atoms with Gasteiger partial charge in [0.1, 0.15) is 5.76 Å². The number of anilines is 1. The molecule has 178 valence electrons. The number of thioether (sulfide) groups is 1. The van der Waals surface area contributed by atoms with Gasteiger partial charge in [-0.1, -0.05) is 43.3 Å². The minimum atomic E-state index is -0.658. The molecule has 2 aromatic heterocycles. The van der Waals surface area contributed by atoms with Crippen LogP contribution >= 0.6 is 11.8 Å². The van der Waals surface area contributed by atoms with Crippen molar-refractivity contribution in [2.75, 3.05) is 11.1 Å². The summed E-state index contributed by atoms with van der Waals surface area (Å²) in [6.45, 7) is 3.96. The van der Waals surface area contributed by atoms with E-state index in [1.54, 1.807) is 17.8 Å². The maximum absolute atomic E-state index is 11.1. The zero-order valence-corrected chi connectivity index (χ0v) is 20.0. The van der Waals surface area contributed by atoms with Crippen LogP contribution in [0.3, 0.4) is 0 Å². The summed E-state index contributed by atoms with van der Waals surface area (Å²) in [6.07, 6.45) is 1.50. The second-order valence-corrected chi connectivity index (χ2v) is 9.16. The summed E-state index contributed by atoms with van der Waals surface area (Å²) in [6, 6.07) is 16.1. The first-order chi connectivity index (χ1) is 17.0. The average Bonchev–Trinajstić information content (AvgIpc) is 3.28. The molecule has 1 N–H and O–H groups in total. The van der Waals surface area contributed by atoms with Gasteiger partial charge in [0.25, 0.3) is 5.69 Å². The monoisotopic (exact) mass is 489 g/mol. The van der Waals surface area contributed by atoms with Gasteiger partial charge in [0, 0.05) is 34.7 Å². The minimum Gasteiger partial charge on any atom is -0.455 e. The topological polar surface area (TPSA) is 116 Å². The highest BCUT2D eigenvalue weighted by Gasteiger charge is 2.28. The van der Waals surface area contributed by atoms with Gasteiger partial charge in [-0.05, 0) is 43.2 Å². The number of hydrogen-bond acceptors (Lipinski definition) is 9. The lowest BCUT2D eigenvalue weighted by Gasteiger charge is -2.16. The number of rotatable bonds is 7. The molecule has 0 fully saturated rings. The highest BCUT2D eigenvalue weighted by molar-refractivity contribution is 7.99. The molecule has 5 rings (SSSR count). The van der Waals surface area contributed by atoms with Crippen LogP contribution in [0.1, 0.15) is 37.3 Å². The van der Waals surface area contributed by atoms with Crippen LogP contribution in [0.5, 0.6) is 5.88 Å². The fourth-order valence-corrected chi connectivity index (χ4v) is 4.68. The van der Waals surface area contributed by atoms with Crippen molar-refractivity contribution < 1.29 is 14.1 Å². The zero-order chi connectivity index (χ0) is 24.4. The lowest BCUT2D eigenvalue weighted by molar-refractivity contribution is -0.384. The summed E-state index contributed by atoms with van der Waals surface area (Å²) in [5.74, 6) is 2.42. The van der Waals surface area contributed by atoms with Crippen LogP contribution in [0, 0.1) is 17.0 Å². The SMILES string of the molecule is CCCCSc1nnc2c(n1)O[C@H](c1ccc(-c3ccc([N+](=O)[O-])cc3C)o1)Nc1ccccc1-2. The van der Waals surface area contributed by atoms with Gasteiger partial charge in [-0.2, -0.15) is 4.98 Å². The third-order valence-corrected chi connectivity index (χ3v) is 6.56.